The molecular weight excluding hydrogens is 426 g/mol. The molecule has 0 fully saturated rings. The average molecular weight is 463 g/mol. The van der Waals surface area contributed by atoms with Gasteiger partial charge in [0, 0.05) is 5.69 Å². The minimum Gasteiger partial charge on any atom is -0.378 e. The van der Waals surface area contributed by atoms with Gasteiger partial charge < -0.3 is 15.7 Å². The lowest BCUT2D eigenvalue weighted by Gasteiger charge is -2.17. The van der Waals surface area contributed by atoms with Gasteiger partial charge in [-0.15, -0.1) is 0 Å². The fourth-order valence-electron chi connectivity index (χ4n) is 3.14. The highest BCUT2D eigenvalue weighted by molar-refractivity contribution is 5.96. The number of nitrogens with one attached hydrogen (secondary N) is 2. The van der Waals surface area contributed by atoms with Gasteiger partial charge in [-0.2, -0.15) is 0 Å². The lowest BCUT2D eigenvalue weighted by atomic mass is 10.1. The summed E-state index contributed by atoms with van der Waals surface area (Å²) in [6, 6.07) is 7.41. The lowest BCUT2D eigenvalue weighted by molar-refractivity contribution is -0.447. The Hall–Kier alpha value is -3.58. The van der Waals surface area contributed by atoms with Crippen molar-refractivity contribution in [3.05, 3.63) is 77.7 Å². The zero-order valence-electron chi connectivity index (χ0n) is 21.0. The van der Waals surface area contributed by atoms with E-state index in [0.717, 1.165) is 29.2 Å². The first kappa shape index (κ1) is 26.7. The van der Waals surface area contributed by atoms with E-state index >= 15 is 0 Å². The first-order chi connectivity index (χ1) is 16.3. The van der Waals surface area contributed by atoms with E-state index in [1.165, 1.54) is 0 Å². The van der Waals surface area contributed by atoms with Crippen LogP contribution in [0.25, 0.3) is 0 Å². The van der Waals surface area contributed by atoms with Crippen molar-refractivity contribution < 1.29 is 14.5 Å². The average Bonchev–Trinajstić information content (AvgIpc) is 2.85. The molecule has 180 valence electrons. The number of nitrogens with zero attached hydrogens (tertiary/aromatic N) is 3. The maximum atomic E-state index is 12.5. The Morgan fingerprint density at radius 1 is 1.29 bits per heavy atom. The van der Waals surface area contributed by atoms with Crippen LogP contribution in [0.1, 0.15) is 58.8 Å². The summed E-state index contributed by atoms with van der Waals surface area (Å²) in [7, 11) is 0. The SMILES string of the molecule is C=C(/C=C\C(C)=C/C)C(O)C(=O)Nc1cccc(C(C)Nc2cnc3c(n2)[N+](CC)=C3)c1.CC. The van der Waals surface area contributed by atoms with Crippen LogP contribution < -0.4 is 10.6 Å². The molecule has 2 aromatic rings. The van der Waals surface area contributed by atoms with Crippen molar-refractivity contribution in [3.8, 4) is 0 Å². The largest absolute Gasteiger partial charge is 0.378 e. The molecule has 3 N–H and O–H groups in total. The summed E-state index contributed by atoms with van der Waals surface area (Å²) in [5, 5.41) is 16.4. The van der Waals surface area contributed by atoms with Crippen molar-refractivity contribution in [3.63, 3.8) is 0 Å². The Bertz CT molecular complexity index is 1120. The molecule has 2 atom stereocenters. The lowest BCUT2D eigenvalue weighted by Crippen LogP contribution is -2.28. The van der Waals surface area contributed by atoms with E-state index in [2.05, 4.69) is 34.1 Å². The zero-order valence-corrected chi connectivity index (χ0v) is 21.0. The van der Waals surface area contributed by atoms with Crippen molar-refractivity contribution in [2.45, 2.75) is 53.7 Å². The van der Waals surface area contributed by atoms with Gasteiger partial charge in [0.25, 0.3) is 11.7 Å². The Balaban J connectivity index is 0.00000199. The third-order valence-electron chi connectivity index (χ3n) is 5.31. The molecule has 34 heavy (non-hydrogen) atoms. The molecule has 0 radical (unpaired) electrons. The molecule has 0 bridgehead atoms. The van der Waals surface area contributed by atoms with Crippen LogP contribution in [0.4, 0.5) is 17.3 Å². The molecule has 0 saturated heterocycles. The van der Waals surface area contributed by atoms with Crippen molar-refractivity contribution >= 4 is 29.4 Å². The van der Waals surface area contributed by atoms with Crippen LogP contribution in [-0.4, -0.2) is 44.4 Å². The van der Waals surface area contributed by atoms with Gasteiger partial charge in [-0.1, -0.05) is 56.4 Å². The van der Waals surface area contributed by atoms with E-state index < -0.39 is 12.0 Å². The molecule has 1 aliphatic rings. The van der Waals surface area contributed by atoms with Crippen LogP contribution in [0.2, 0.25) is 0 Å². The fraction of sp³-hybridized carbons (Fsp3) is 0.333. The number of benzene rings is 1. The summed E-state index contributed by atoms with van der Waals surface area (Å²) in [4.78, 5) is 21.5. The fourth-order valence-corrected chi connectivity index (χ4v) is 3.14. The molecule has 0 spiro atoms. The summed E-state index contributed by atoms with van der Waals surface area (Å²) < 4.78 is 2.04. The van der Waals surface area contributed by atoms with E-state index in [9.17, 15) is 9.90 Å². The van der Waals surface area contributed by atoms with Crippen LogP contribution in [-0.2, 0) is 4.79 Å². The smallest absolute Gasteiger partial charge is 0.355 e. The molecular formula is C27H36N5O2+. The maximum Gasteiger partial charge on any atom is 0.355 e. The Kier molecular flexibility index (Phi) is 9.89. The number of aliphatic hydroxyl groups excluding tert-OH is 1. The van der Waals surface area contributed by atoms with Gasteiger partial charge in [-0.3, -0.25) is 4.79 Å². The van der Waals surface area contributed by atoms with Gasteiger partial charge in [-0.05, 0) is 55.9 Å². The number of aliphatic hydroxyl groups is 1. The molecule has 3 rings (SSSR count). The van der Waals surface area contributed by atoms with Crippen LogP contribution in [0.5, 0.6) is 0 Å². The van der Waals surface area contributed by atoms with E-state index in [1.54, 1.807) is 18.3 Å². The molecule has 1 aliphatic heterocycles. The molecule has 0 saturated carbocycles. The minimum absolute atomic E-state index is 0.0648. The van der Waals surface area contributed by atoms with Gasteiger partial charge in [0.05, 0.1) is 18.8 Å². The number of carbonyl (C=O) groups excluding carboxylic acids is 1. The summed E-state index contributed by atoms with van der Waals surface area (Å²) >= 11 is 0. The molecule has 1 aromatic carbocycles. The monoisotopic (exact) mass is 462 g/mol. The second-order valence-electron chi connectivity index (χ2n) is 7.70. The first-order valence-electron chi connectivity index (χ1n) is 11.7. The third kappa shape index (κ3) is 6.71. The topological polar surface area (TPSA) is 90.2 Å². The first-order valence-corrected chi connectivity index (χ1v) is 11.7. The van der Waals surface area contributed by atoms with Crippen molar-refractivity contribution in [1.29, 1.82) is 0 Å². The standard InChI is InChI=1S/C25H29N5O2.C2H6/c1-6-16(3)11-12-17(4)23(31)25(32)28-20-10-8-9-19(13-20)18(5)27-22-14-26-21-15-30(7-2)24(21)29-22;1-2/h6,8-15,18,23,31H,4,7H2,1-3,5H3,(H,28,32);1-2H3/p+1/b12-11-,16-6-;. The van der Waals surface area contributed by atoms with Gasteiger partial charge in [-0.25, -0.2) is 9.56 Å². The van der Waals surface area contributed by atoms with E-state index in [0.29, 0.717) is 17.1 Å². The second-order valence-corrected chi connectivity index (χ2v) is 7.70. The van der Waals surface area contributed by atoms with Crippen molar-refractivity contribution in [2.24, 2.45) is 0 Å². The molecule has 0 aliphatic carbocycles. The highest BCUT2D eigenvalue weighted by atomic mass is 16.3. The number of fused-ring (bicyclic) bond motifs is 1. The molecule has 7 nitrogen and oxygen atoms in total. The summed E-state index contributed by atoms with van der Waals surface area (Å²) in [5.74, 6) is 1.03. The second kappa shape index (κ2) is 12.6. The highest BCUT2D eigenvalue weighted by Gasteiger charge is 2.28. The third-order valence-corrected chi connectivity index (χ3v) is 5.31. The number of anilines is 2. The predicted molar refractivity (Wildman–Crippen MR) is 140 cm³/mol. The molecule has 1 amide bonds. The number of hydrogen-bond acceptors (Lipinski definition) is 5. The van der Waals surface area contributed by atoms with Crippen molar-refractivity contribution in [1.82, 2.24) is 9.97 Å². The number of rotatable bonds is 9. The van der Waals surface area contributed by atoms with Gasteiger partial charge >= 0.3 is 5.82 Å². The Labute approximate surface area is 202 Å². The summed E-state index contributed by atoms with van der Waals surface area (Å²) in [6.07, 6.45) is 7.75. The van der Waals surface area contributed by atoms with Gasteiger partial charge in [0.2, 0.25) is 0 Å². The summed E-state index contributed by atoms with van der Waals surface area (Å²) in [6.45, 7) is 16.6. The number of carbonyl (C=O) groups is 1. The van der Waals surface area contributed by atoms with E-state index in [4.69, 9.17) is 0 Å². The predicted octanol–water partition coefficient (Wildman–Crippen LogP) is 5.15. The van der Waals surface area contributed by atoms with Crippen LogP contribution in [0.15, 0.2) is 66.4 Å². The normalized spacial score (nSPS) is 14.1. The number of aromatic nitrogens is 2. The maximum absolute atomic E-state index is 12.5. The minimum atomic E-state index is -1.33. The van der Waals surface area contributed by atoms with Crippen LogP contribution in [0.3, 0.4) is 0 Å². The molecule has 7 heteroatoms. The van der Waals surface area contributed by atoms with Crippen LogP contribution >= 0.6 is 0 Å². The van der Waals surface area contributed by atoms with Gasteiger partial charge in [0.15, 0.2) is 11.8 Å². The quantitative estimate of drug-likeness (QED) is 0.354. The number of hydrogen-bond donors (Lipinski definition) is 3. The number of allylic oxidation sites excluding steroid dienone is 3. The Morgan fingerprint density at radius 3 is 2.71 bits per heavy atom. The van der Waals surface area contributed by atoms with Crippen molar-refractivity contribution in [2.75, 3.05) is 17.2 Å². The molecule has 2 unspecified atom stereocenters. The van der Waals surface area contributed by atoms with E-state index in [-0.39, 0.29) is 6.04 Å². The zero-order chi connectivity index (χ0) is 25.3. The van der Waals surface area contributed by atoms with Crippen LogP contribution in [0, 0.1) is 0 Å². The molecule has 1 aromatic heterocycles. The van der Waals surface area contributed by atoms with Gasteiger partial charge in [0.1, 0.15) is 6.21 Å². The Morgan fingerprint density at radius 2 is 2.03 bits per heavy atom. The summed E-state index contributed by atoms with van der Waals surface area (Å²) in [5.41, 5.74) is 3.80. The number of amides is 1. The highest BCUT2D eigenvalue weighted by Crippen LogP contribution is 2.25. The van der Waals surface area contributed by atoms with E-state index in [1.807, 2.05) is 75.8 Å². The molecule has 2 heterocycles.